The second-order valence-electron chi connectivity index (χ2n) is 5.95. The van der Waals surface area contributed by atoms with E-state index in [-0.39, 0.29) is 5.78 Å². The van der Waals surface area contributed by atoms with E-state index < -0.39 is 0 Å². The molecule has 0 heterocycles. The van der Waals surface area contributed by atoms with Gasteiger partial charge in [0.2, 0.25) is 0 Å². The average Bonchev–Trinajstić information content (AvgIpc) is 2.53. The quantitative estimate of drug-likeness (QED) is 0.639. The van der Waals surface area contributed by atoms with Crippen LogP contribution in [0, 0.1) is 0 Å². The molecule has 0 aliphatic heterocycles. The number of benzene rings is 1. The number of hydrogen-bond acceptors (Lipinski definition) is 2. The molecular formula is C18H26BrNO. The van der Waals surface area contributed by atoms with Crippen molar-refractivity contribution in [3.8, 4) is 0 Å². The molecule has 2 rings (SSSR count). The molecule has 1 aromatic carbocycles. The van der Waals surface area contributed by atoms with Gasteiger partial charge in [0.25, 0.3) is 0 Å². The second kappa shape index (κ2) is 8.70. The van der Waals surface area contributed by atoms with Gasteiger partial charge >= 0.3 is 0 Å². The third kappa shape index (κ3) is 5.23. The summed E-state index contributed by atoms with van der Waals surface area (Å²) in [6.07, 6.45) is 8.46. The van der Waals surface area contributed by atoms with Gasteiger partial charge in [0.05, 0.1) is 0 Å². The van der Waals surface area contributed by atoms with Crippen LogP contribution < -0.4 is 0 Å². The van der Waals surface area contributed by atoms with E-state index in [0.29, 0.717) is 6.42 Å². The first-order valence-corrected chi connectivity index (χ1v) is 9.03. The molecule has 1 fully saturated rings. The number of ketones is 1. The monoisotopic (exact) mass is 351 g/mol. The Bertz CT molecular complexity index is 437. The summed E-state index contributed by atoms with van der Waals surface area (Å²) in [7, 11) is 0. The summed E-state index contributed by atoms with van der Waals surface area (Å²) >= 11 is 3.40. The van der Waals surface area contributed by atoms with Gasteiger partial charge in [-0.05, 0) is 44.5 Å². The highest BCUT2D eigenvalue weighted by Crippen LogP contribution is 2.23. The van der Waals surface area contributed by atoms with Gasteiger partial charge in [0.15, 0.2) is 5.78 Å². The van der Waals surface area contributed by atoms with Crippen LogP contribution in [0.1, 0.15) is 62.2 Å². The molecule has 0 bridgehead atoms. The van der Waals surface area contributed by atoms with Gasteiger partial charge in [0, 0.05) is 22.5 Å². The van der Waals surface area contributed by atoms with E-state index in [1.807, 2.05) is 24.3 Å². The van der Waals surface area contributed by atoms with Gasteiger partial charge in [-0.1, -0.05) is 54.2 Å². The lowest BCUT2D eigenvalue weighted by molar-refractivity contribution is 0.0966. The minimum absolute atomic E-state index is 0.266. The Labute approximate surface area is 137 Å². The van der Waals surface area contributed by atoms with Gasteiger partial charge in [-0.3, -0.25) is 4.79 Å². The van der Waals surface area contributed by atoms with Gasteiger partial charge < -0.3 is 4.90 Å². The lowest BCUT2D eigenvalue weighted by Gasteiger charge is -2.33. The normalized spacial score (nSPS) is 16.3. The van der Waals surface area contributed by atoms with Gasteiger partial charge in [0.1, 0.15) is 0 Å². The summed E-state index contributed by atoms with van der Waals surface area (Å²) < 4.78 is 1.02. The molecule has 0 unspecified atom stereocenters. The van der Waals surface area contributed by atoms with Gasteiger partial charge in [-0.25, -0.2) is 0 Å². The molecule has 0 amide bonds. The zero-order valence-corrected chi connectivity index (χ0v) is 14.6. The highest BCUT2D eigenvalue weighted by atomic mass is 79.9. The number of halogens is 1. The molecule has 1 aromatic rings. The van der Waals surface area contributed by atoms with Crippen molar-refractivity contribution < 1.29 is 4.79 Å². The molecule has 3 heteroatoms. The van der Waals surface area contributed by atoms with Crippen LogP contribution in [0.25, 0.3) is 0 Å². The molecule has 1 aliphatic carbocycles. The Morgan fingerprint density at radius 3 is 2.48 bits per heavy atom. The Hall–Kier alpha value is -0.670. The molecule has 0 atom stereocenters. The number of carbonyl (C=O) groups excluding carboxylic acids is 1. The van der Waals surface area contributed by atoms with E-state index >= 15 is 0 Å². The fourth-order valence-electron chi connectivity index (χ4n) is 3.27. The van der Waals surface area contributed by atoms with Crippen molar-refractivity contribution in [1.82, 2.24) is 4.90 Å². The Morgan fingerprint density at radius 1 is 1.19 bits per heavy atom. The predicted octanol–water partition coefficient (Wildman–Crippen LogP) is 5.07. The van der Waals surface area contributed by atoms with Crippen LogP contribution in [0.2, 0.25) is 0 Å². The summed E-state index contributed by atoms with van der Waals surface area (Å²) in [4.78, 5) is 14.7. The summed E-state index contributed by atoms with van der Waals surface area (Å²) in [5.74, 6) is 0.266. The molecule has 1 saturated carbocycles. The fourth-order valence-corrected chi connectivity index (χ4v) is 3.53. The average molecular weight is 352 g/mol. The SMILES string of the molecule is CCN(CCCC(=O)c1ccc(Br)cc1)C1CCCCC1. The number of Topliss-reactive ketones (excluding diaryl/α,β-unsaturated/α-hetero) is 1. The summed E-state index contributed by atoms with van der Waals surface area (Å²) in [5, 5.41) is 0. The number of hydrogen-bond donors (Lipinski definition) is 0. The van der Waals surface area contributed by atoms with E-state index in [1.165, 1.54) is 32.1 Å². The maximum Gasteiger partial charge on any atom is 0.162 e. The first-order valence-electron chi connectivity index (χ1n) is 8.23. The number of rotatable bonds is 7. The van der Waals surface area contributed by atoms with Crippen molar-refractivity contribution in [2.75, 3.05) is 13.1 Å². The lowest BCUT2D eigenvalue weighted by atomic mass is 9.94. The Kier molecular flexibility index (Phi) is 6.91. The molecule has 0 saturated heterocycles. The summed E-state index contributed by atoms with van der Waals surface area (Å²) in [6, 6.07) is 8.45. The zero-order valence-electron chi connectivity index (χ0n) is 13.0. The minimum atomic E-state index is 0.266. The third-order valence-electron chi connectivity index (χ3n) is 4.51. The molecule has 1 aliphatic rings. The minimum Gasteiger partial charge on any atom is -0.301 e. The molecule has 0 spiro atoms. The van der Waals surface area contributed by atoms with E-state index in [1.54, 1.807) is 0 Å². The van der Waals surface area contributed by atoms with Crippen molar-refractivity contribution >= 4 is 21.7 Å². The fraction of sp³-hybridized carbons (Fsp3) is 0.611. The molecule has 21 heavy (non-hydrogen) atoms. The molecule has 0 N–H and O–H groups in total. The first-order chi connectivity index (χ1) is 10.2. The molecule has 0 aromatic heterocycles. The van der Waals surface area contributed by atoms with Crippen molar-refractivity contribution in [3.63, 3.8) is 0 Å². The Balaban J connectivity index is 1.76. The van der Waals surface area contributed by atoms with E-state index in [9.17, 15) is 4.79 Å². The van der Waals surface area contributed by atoms with Crippen molar-refractivity contribution in [3.05, 3.63) is 34.3 Å². The van der Waals surface area contributed by atoms with E-state index in [4.69, 9.17) is 0 Å². The van der Waals surface area contributed by atoms with Crippen LogP contribution in [0.3, 0.4) is 0 Å². The highest BCUT2D eigenvalue weighted by Gasteiger charge is 2.19. The first kappa shape index (κ1) is 16.7. The van der Waals surface area contributed by atoms with Crippen LogP contribution >= 0.6 is 15.9 Å². The van der Waals surface area contributed by atoms with Crippen LogP contribution in [0.5, 0.6) is 0 Å². The summed E-state index contributed by atoms with van der Waals surface area (Å²) in [6.45, 7) is 4.41. The van der Waals surface area contributed by atoms with Crippen molar-refractivity contribution in [1.29, 1.82) is 0 Å². The van der Waals surface area contributed by atoms with Crippen LogP contribution in [-0.4, -0.2) is 29.8 Å². The number of carbonyl (C=O) groups is 1. The van der Waals surface area contributed by atoms with Crippen LogP contribution in [0.4, 0.5) is 0 Å². The van der Waals surface area contributed by atoms with Crippen LogP contribution in [0.15, 0.2) is 28.7 Å². The molecule has 0 radical (unpaired) electrons. The third-order valence-corrected chi connectivity index (χ3v) is 5.04. The Morgan fingerprint density at radius 2 is 1.86 bits per heavy atom. The van der Waals surface area contributed by atoms with Crippen molar-refractivity contribution in [2.24, 2.45) is 0 Å². The molecular weight excluding hydrogens is 326 g/mol. The van der Waals surface area contributed by atoms with Gasteiger partial charge in [-0.15, -0.1) is 0 Å². The van der Waals surface area contributed by atoms with E-state index in [0.717, 1.165) is 35.6 Å². The smallest absolute Gasteiger partial charge is 0.162 e. The summed E-state index contributed by atoms with van der Waals surface area (Å²) in [5.41, 5.74) is 0.832. The van der Waals surface area contributed by atoms with E-state index in [2.05, 4.69) is 27.8 Å². The zero-order chi connectivity index (χ0) is 15.1. The largest absolute Gasteiger partial charge is 0.301 e. The molecule has 2 nitrogen and oxygen atoms in total. The molecule has 116 valence electrons. The lowest BCUT2D eigenvalue weighted by Crippen LogP contribution is -2.37. The highest BCUT2D eigenvalue weighted by molar-refractivity contribution is 9.10. The topological polar surface area (TPSA) is 20.3 Å². The van der Waals surface area contributed by atoms with Crippen molar-refractivity contribution in [2.45, 2.75) is 57.9 Å². The second-order valence-corrected chi connectivity index (χ2v) is 6.87. The van der Waals surface area contributed by atoms with Gasteiger partial charge in [-0.2, -0.15) is 0 Å². The predicted molar refractivity (Wildman–Crippen MR) is 91.8 cm³/mol. The van der Waals surface area contributed by atoms with Crippen LogP contribution in [-0.2, 0) is 0 Å². The maximum atomic E-state index is 12.2. The number of nitrogens with zero attached hydrogens (tertiary/aromatic N) is 1. The maximum absolute atomic E-state index is 12.2. The standard InChI is InChI=1S/C18H26BrNO/c1-2-20(17-7-4-3-5-8-17)14-6-9-18(21)15-10-12-16(19)13-11-15/h10-13,17H,2-9,14H2,1H3.